The summed E-state index contributed by atoms with van der Waals surface area (Å²) in [5.74, 6) is 0.641. The van der Waals surface area contributed by atoms with E-state index in [1.807, 2.05) is 78.5 Å². The highest BCUT2D eigenvalue weighted by atomic mass is 16.5. The molecule has 1 saturated heterocycles. The first-order chi connectivity index (χ1) is 24.3. The summed E-state index contributed by atoms with van der Waals surface area (Å²) < 4.78 is 14.1. The number of nitrogens with zero attached hydrogens (tertiary/aromatic N) is 4. The Morgan fingerprint density at radius 2 is 1.62 bits per heavy atom. The van der Waals surface area contributed by atoms with Crippen molar-refractivity contribution < 1.29 is 24.2 Å². The summed E-state index contributed by atoms with van der Waals surface area (Å²) in [6, 6.07) is 30.0. The standard InChI is InChI=1S/C41H46N4O5/c1-30-11-8-12-32(27-30)42(2)36-19-18-31(41(48)34-29-45(21-9-17-40(46)47)35-14-5-4-13-33(34)35)28-39(36)50-26-10-20-43-22-24-44(25-23-43)37-15-6-7-16-38(37)49-3/h4-8,11-16,18-19,27-29H,9-10,17,20-26H2,1-3H3,(H,46,47). The Kier molecular flexibility index (Phi) is 11.0. The smallest absolute Gasteiger partial charge is 0.303 e. The molecule has 0 spiro atoms. The number of carbonyl (C=O) groups is 2. The summed E-state index contributed by atoms with van der Waals surface area (Å²) in [7, 11) is 3.74. The molecular weight excluding hydrogens is 628 g/mol. The van der Waals surface area contributed by atoms with E-state index in [1.165, 1.54) is 0 Å². The van der Waals surface area contributed by atoms with E-state index >= 15 is 0 Å². The van der Waals surface area contributed by atoms with E-state index in [9.17, 15) is 9.59 Å². The van der Waals surface area contributed by atoms with E-state index in [0.29, 0.717) is 36.4 Å². The SMILES string of the molecule is COc1ccccc1N1CCN(CCCOc2cc(C(=O)c3cn(CCCC(=O)O)c4ccccc34)ccc2N(C)c2cccc(C)c2)CC1. The van der Waals surface area contributed by atoms with Crippen molar-refractivity contribution in [1.29, 1.82) is 0 Å². The maximum absolute atomic E-state index is 14.1. The summed E-state index contributed by atoms with van der Waals surface area (Å²) in [6.45, 7) is 7.83. The van der Waals surface area contributed by atoms with Crippen molar-refractivity contribution in [2.75, 3.05) is 63.3 Å². The second-order valence-corrected chi connectivity index (χ2v) is 12.9. The molecule has 1 aliphatic rings. The molecule has 9 heteroatoms. The van der Waals surface area contributed by atoms with Gasteiger partial charge >= 0.3 is 5.97 Å². The number of fused-ring (bicyclic) bond motifs is 1. The van der Waals surface area contributed by atoms with Gasteiger partial charge in [-0.3, -0.25) is 14.5 Å². The van der Waals surface area contributed by atoms with Crippen molar-refractivity contribution in [2.45, 2.75) is 32.7 Å². The summed E-state index contributed by atoms with van der Waals surface area (Å²) in [6.07, 6.45) is 3.27. The van der Waals surface area contributed by atoms with Crippen LogP contribution in [0.15, 0.2) is 97.2 Å². The summed E-state index contributed by atoms with van der Waals surface area (Å²) in [5, 5.41) is 9.99. The molecule has 1 aliphatic heterocycles. The Morgan fingerprint density at radius 1 is 0.840 bits per heavy atom. The Morgan fingerprint density at radius 3 is 2.40 bits per heavy atom. The minimum atomic E-state index is -0.826. The van der Waals surface area contributed by atoms with Crippen LogP contribution >= 0.6 is 0 Å². The maximum Gasteiger partial charge on any atom is 0.303 e. The number of para-hydroxylation sites is 3. The predicted molar refractivity (Wildman–Crippen MR) is 200 cm³/mol. The lowest BCUT2D eigenvalue weighted by molar-refractivity contribution is -0.137. The number of aliphatic carboxylic acids is 1. The molecule has 0 bridgehead atoms. The zero-order chi connectivity index (χ0) is 35.0. The number of methoxy groups -OCH3 is 1. The Labute approximate surface area is 294 Å². The molecule has 260 valence electrons. The second-order valence-electron chi connectivity index (χ2n) is 12.9. The van der Waals surface area contributed by atoms with Gasteiger partial charge in [0.25, 0.3) is 0 Å². The van der Waals surface area contributed by atoms with E-state index < -0.39 is 5.97 Å². The molecule has 5 aromatic rings. The normalized spacial score (nSPS) is 13.4. The average molecular weight is 675 g/mol. The van der Waals surface area contributed by atoms with Gasteiger partial charge in [-0.15, -0.1) is 0 Å². The van der Waals surface area contributed by atoms with E-state index in [4.69, 9.17) is 14.6 Å². The van der Waals surface area contributed by atoms with Crippen molar-refractivity contribution in [3.8, 4) is 11.5 Å². The van der Waals surface area contributed by atoms with Gasteiger partial charge < -0.3 is 28.9 Å². The third kappa shape index (κ3) is 7.95. The monoisotopic (exact) mass is 674 g/mol. The number of hydrogen-bond acceptors (Lipinski definition) is 7. The fraction of sp³-hybridized carbons (Fsp3) is 0.317. The molecule has 0 radical (unpaired) electrons. The number of ketones is 1. The molecule has 0 amide bonds. The van der Waals surface area contributed by atoms with Gasteiger partial charge in [-0.25, -0.2) is 0 Å². The van der Waals surface area contributed by atoms with Crippen molar-refractivity contribution >= 4 is 39.7 Å². The van der Waals surface area contributed by atoms with E-state index in [-0.39, 0.29) is 12.2 Å². The van der Waals surface area contributed by atoms with Crippen LogP contribution in [-0.4, -0.2) is 79.8 Å². The third-order valence-corrected chi connectivity index (χ3v) is 9.47. The van der Waals surface area contributed by atoms with E-state index in [1.54, 1.807) is 7.11 Å². The molecule has 1 N–H and O–H groups in total. The Balaban J connectivity index is 1.17. The molecule has 1 aromatic heterocycles. The van der Waals surface area contributed by atoms with Crippen LogP contribution in [0.2, 0.25) is 0 Å². The van der Waals surface area contributed by atoms with Gasteiger partial charge in [0.1, 0.15) is 11.5 Å². The van der Waals surface area contributed by atoms with Gasteiger partial charge in [-0.1, -0.05) is 42.5 Å². The van der Waals surface area contributed by atoms with Crippen molar-refractivity contribution in [3.63, 3.8) is 0 Å². The lowest BCUT2D eigenvalue weighted by atomic mass is 10.0. The minimum absolute atomic E-state index is 0.0749. The predicted octanol–water partition coefficient (Wildman–Crippen LogP) is 7.41. The van der Waals surface area contributed by atoms with Crippen molar-refractivity contribution in [3.05, 3.63) is 114 Å². The topological polar surface area (TPSA) is 87.5 Å². The number of ether oxygens (including phenoxy) is 2. The largest absolute Gasteiger partial charge is 0.495 e. The van der Waals surface area contributed by atoms with Crippen LogP contribution in [0.25, 0.3) is 10.9 Å². The first-order valence-corrected chi connectivity index (χ1v) is 17.3. The minimum Gasteiger partial charge on any atom is -0.495 e. The molecule has 1 fully saturated rings. The number of carbonyl (C=O) groups excluding carboxylic acids is 1. The van der Waals surface area contributed by atoms with Crippen LogP contribution in [0, 0.1) is 6.92 Å². The number of anilines is 3. The Hall–Kier alpha value is -5.28. The lowest BCUT2D eigenvalue weighted by Gasteiger charge is -2.36. The number of carboxylic acid groups (broad SMARTS) is 1. The zero-order valence-electron chi connectivity index (χ0n) is 29.2. The van der Waals surface area contributed by atoms with Gasteiger partial charge in [0, 0.05) is 86.7 Å². The van der Waals surface area contributed by atoms with Gasteiger partial charge in [-0.05, 0) is 73.9 Å². The number of piperazine rings is 1. The second kappa shape index (κ2) is 16.0. The third-order valence-electron chi connectivity index (χ3n) is 9.47. The fourth-order valence-corrected chi connectivity index (χ4v) is 6.77. The van der Waals surface area contributed by atoms with Crippen LogP contribution in [0.1, 0.15) is 40.7 Å². The number of aromatic nitrogens is 1. The van der Waals surface area contributed by atoms with E-state index in [0.717, 1.165) is 78.4 Å². The molecule has 0 saturated carbocycles. The van der Waals surface area contributed by atoms with Crippen molar-refractivity contribution in [1.82, 2.24) is 9.47 Å². The van der Waals surface area contributed by atoms with Crippen molar-refractivity contribution in [2.24, 2.45) is 0 Å². The molecule has 4 aromatic carbocycles. The Bertz CT molecular complexity index is 1940. The van der Waals surface area contributed by atoms with Gasteiger partial charge in [-0.2, -0.15) is 0 Å². The zero-order valence-corrected chi connectivity index (χ0v) is 29.2. The van der Waals surface area contributed by atoms with Gasteiger partial charge in [0.15, 0.2) is 5.78 Å². The molecular formula is C41H46N4O5. The average Bonchev–Trinajstić information content (AvgIpc) is 3.51. The molecule has 9 nitrogen and oxygen atoms in total. The van der Waals surface area contributed by atoms with E-state index in [2.05, 4.69) is 52.0 Å². The van der Waals surface area contributed by atoms with Crippen LogP contribution in [-0.2, 0) is 11.3 Å². The molecule has 2 heterocycles. The van der Waals surface area contributed by atoms with Crippen LogP contribution in [0.3, 0.4) is 0 Å². The molecule has 0 aliphatic carbocycles. The summed E-state index contributed by atoms with van der Waals surface area (Å²) in [5.41, 5.74) is 6.27. The number of hydrogen-bond donors (Lipinski definition) is 1. The number of carboxylic acids is 1. The first kappa shape index (κ1) is 34.6. The lowest BCUT2D eigenvalue weighted by Crippen LogP contribution is -2.46. The quantitative estimate of drug-likeness (QED) is 0.0908. The maximum atomic E-state index is 14.1. The number of aryl methyl sites for hydroxylation is 2. The van der Waals surface area contributed by atoms with Gasteiger partial charge in [0.05, 0.1) is 25.1 Å². The molecule has 6 rings (SSSR count). The molecule has 0 unspecified atom stereocenters. The van der Waals surface area contributed by atoms with Crippen LogP contribution < -0.4 is 19.3 Å². The van der Waals surface area contributed by atoms with Crippen LogP contribution in [0.4, 0.5) is 17.1 Å². The number of benzene rings is 4. The van der Waals surface area contributed by atoms with Crippen LogP contribution in [0.5, 0.6) is 11.5 Å². The highest BCUT2D eigenvalue weighted by Gasteiger charge is 2.22. The molecule has 50 heavy (non-hydrogen) atoms. The first-order valence-electron chi connectivity index (χ1n) is 17.3. The fourth-order valence-electron chi connectivity index (χ4n) is 6.77. The van der Waals surface area contributed by atoms with Gasteiger partial charge in [0.2, 0.25) is 0 Å². The molecule has 0 atom stereocenters. The highest BCUT2D eigenvalue weighted by molar-refractivity contribution is 6.16. The summed E-state index contributed by atoms with van der Waals surface area (Å²) in [4.78, 5) is 32.2. The number of rotatable bonds is 15. The highest BCUT2D eigenvalue weighted by Crippen LogP contribution is 2.36. The summed E-state index contributed by atoms with van der Waals surface area (Å²) >= 11 is 0.